The van der Waals surface area contributed by atoms with Crippen molar-refractivity contribution < 1.29 is 0 Å². The zero-order valence-electron chi connectivity index (χ0n) is 10.0. The third kappa shape index (κ3) is 3.76. The van der Waals surface area contributed by atoms with Crippen LogP contribution in [0.5, 0.6) is 0 Å². The van der Waals surface area contributed by atoms with Crippen LogP contribution in [0.1, 0.15) is 5.56 Å². The molecule has 0 N–H and O–H groups in total. The summed E-state index contributed by atoms with van der Waals surface area (Å²) in [5.74, 6) is 0.607. The lowest BCUT2D eigenvalue weighted by molar-refractivity contribution is 0.898. The Labute approximate surface area is 135 Å². The highest BCUT2D eigenvalue weighted by atomic mass is 79.9. The van der Waals surface area contributed by atoms with Crippen LogP contribution in [-0.2, 0) is 6.54 Å². The van der Waals surface area contributed by atoms with Gasteiger partial charge in [-0.2, -0.15) is 0 Å². The van der Waals surface area contributed by atoms with E-state index in [1.165, 1.54) is 0 Å². The number of rotatable bonds is 3. The maximum Gasteiger partial charge on any atom is 0.150 e. The second kappa shape index (κ2) is 6.31. The maximum atomic E-state index is 6.14. The highest BCUT2D eigenvalue weighted by molar-refractivity contribution is 9.10. The second-order valence-electron chi connectivity index (χ2n) is 4.05. The van der Waals surface area contributed by atoms with E-state index in [-0.39, 0.29) is 5.15 Å². The molecule has 1 aromatic heterocycles. The third-order valence-corrected chi connectivity index (χ3v) is 3.98. The van der Waals surface area contributed by atoms with E-state index in [0.717, 1.165) is 10.0 Å². The SMILES string of the molecule is CN(Cc1cccc(Br)c1)c1nc(Cl)c(Cl)cc1Cl. The quantitative estimate of drug-likeness (QED) is 0.659. The molecule has 0 atom stereocenters. The van der Waals surface area contributed by atoms with E-state index in [9.17, 15) is 0 Å². The molecule has 0 aliphatic heterocycles. The average molecular weight is 381 g/mol. The Morgan fingerprint density at radius 1 is 1.16 bits per heavy atom. The fourth-order valence-corrected chi connectivity index (χ4v) is 2.77. The van der Waals surface area contributed by atoms with Gasteiger partial charge in [0, 0.05) is 18.1 Å². The number of halogens is 4. The Bertz CT molecular complexity index is 604. The van der Waals surface area contributed by atoms with E-state index in [4.69, 9.17) is 34.8 Å². The summed E-state index contributed by atoms with van der Waals surface area (Å²) < 4.78 is 1.03. The molecule has 0 aliphatic carbocycles. The number of pyridine rings is 1. The molecule has 2 rings (SSSR count). The van der Waals surface area contributed by atoms with Gasteiger partial charge < -0.3 is 4.90 Å². The molecule has 19 heavy (non-hydrogen) atoms. The van der Waals surface area contributed by atoms with Gasteiger partial charge in [-0.05, 0) is 23.8 Å². The average Bonchev–Trinajstić information content (AvgIpc) is 2.33. The van der Waals surface area contributed by atoms with Crippen molar-refractivity contribution >= 4 is 56.6 Å². The van der Waals surface area contributed by atoms with Crippen LogP contribution >= 0.6 is 50.7 Å². The summed E-state index contributed by atoms with van der Waals surface area (Å²) in [5.41, 5.74) is 1.14. The first kappa shape index (κ1) is 14.9. The Morgan fingerprint density at radius 3 is 2.58 bits per heavy atom. The van der Waals surface area contributed by atoms with Gasteiger partial charge in [-0.15, -0.1) is 0 Å². The van der Waals surface area contributed by atoms with Crippen molar-refractivity contribution in [3.8, 4) is 0 Å². The lowest BCUT2D eigenvalue weighted by Gasteiger charge is -2.20. The first-order valence-corrected chi connectivity index (χ1v) is 7.37. The highest BCUT2D eigenvalue weighted by Crippen LogP contribution is 2.31. The smallest absolute Gasteiger partial charge is 0.150 e. The van der Waals surface area contributed by atoms with Gasteiger partial charge in [0.1, 0.15) is 11.0 Å². The number of benzene rings is 1. The monoisotopic (exact) mass is 378 g/mol. The number of aromatic nitrogens is 1. The van der Waals surface area contributed by atoms with E-state index < -0.39 is 0 Å². The van der Waals surface area contributed by atoms with Gasteiger partial charge in [0.05, 0.1) is 10.0 Å². The predicted molar refractivity (Wildman–Crippen MR) is 85.5 cm³/mol. The van der Waals surface area contributed by atoms with Crippen molar-refractivity contribution in [1.29, 1.82) is 0 Å². The van der Waals surface area contributed by atoms with E-state index in [1.807, 2.05) is 36.2 Å². The van der Waals surface area contributed by atoms with Crippen LogP contribution in [-0.4, -0.2) is 12.0 Å². The molecule has 1 heterocycles. The summed E-state index contributed by atoms with van der Waals surface area (Å²) in [6.07, 6.45) is 0. The van der Waals surface area contributed by atoms with Crippen molar-refractivity contribution in [1.82, 2.24) is 4.98 Å². The second-order valence-corrected chi connectivity index (χ2v) is 6.14. The molecule has 1 aromatic carbocycles. The Kier molecular flexibility index (Phi) is 4.96. The fourth-order valence-electron chi connectivity index (χ4n) is 1.69. The van der Waals surface area contributed by atoms with E-state index in [2.05, 4.69) is 20.9 Å². The molecular weight excluding hydrogens is 370 g/mol. The van der Waals surface area contributed by atoms with Gasteiger partial charge in [0.25, 0.3) is 0 Å². The molecule has 0 fully saturated rings. The van der Waals surface area contributed by atoms with Crippen LogP contribution in [0.4, 0.5) is 5.82 Å². The largest absolute Gasteiger partial charge is 0.354 e. The first-order valence-electron chi connectivity index (χ1n) is 5.44. The van der Waals surface area contributed by atoms with Crippen molar-refractivity contribution in [2.24, 2.45) is 0 Å². The molecule has 0 unspecified atom stereocenters. The van der Waals surface area contributed by atoms with Crippen molar-refractivity contribution in [2.75, 3.05) is 11.9 Å². The van der Waals surface area contributed by atoms with E-state index in [1.54, 1.807) is 6.07 Å². The van der Waals surface area contributed by atoms with Crippen molar-refractivity contribution in [2.45, 2.75) is 6.54 Å². The van der Waals surface area contributed by atoms with E-state index in [0.29, 0.717) is 22.4 Å². The minimum atomic E-state index is 0.252. The number of hydrogen-bond donors (Lipinski definition) is 0. The normalized spacial score (nSPS) is 10.6. The Balaban J connectivity index is 2.25. The van der Waals surface area contributed by atoms with Crippen molar-refractivity contribution in [3.05, 3.63) is 55.6 Å². The zero-order valence-corrected chi connectivity index (χ0v) is 13.9. The zero-order chi connectivity index (χ0) is 14.0. The lowest BCUT2D eigenvalue weighted by Crippen LogP contribution is -2.18. The maximum absolute atomic E-state index is 6.14. The minimum Gasteiger partial charge on any atom is -0.354 e. The third-order valence-electron chi connectivity index (χ3n) is 2.54. The number of anilines is 1. The summed E-state index contributed by atoms with van der Waals surface area (Å²) in [5, 5.41) is 1.08. The lowest BCUT2D eigenvalue weighted by atomic mass is 10.2. The molecule has 0 amide bonds. The molecule has 2 nitrogen and oxygen atoms in total. The first-order chi connectivity index (χ1) is 8.97. The van der Waals surface area contributed by atoms with Gasteiger partial charge >= 0.3 is 0 Å². The molecule has 0 radical (unpaired) electrons. The van der Waals surface area contributed by atoms with Crippen LogP contribution in [0, 0.1) is 0 Å². The van der Waals surface area contributed by atoms with Crippen LogP contribution in [0.15, 0.2) is 34.8 Å². The molecule has 0 aliphatic rings. The van der Waals surface area contributed by atoms with Gasteiger partial charge in [-0.25, -0.2) is 4.98 Å². The van der Waals surface area contributed by atoms with Crippen LogP contribution in [0.25, 0.3) is 0 Å². The molecule has 0 saturated carbocycles. The van der Waals surface area contributed by atoms with Crippen LogP contribution in [0.2, 0.25) is 15.2 Å². The van der Waals surface area contributed by atoms with Gasteiger partial charge in [-0.1, -0.05) is 62.9 Å². The van der Waals surface area contributed by atoms with E-state index >= 15 is 0 Å². The highest BCUT2D eigenvalue weighted by Gasteiger charge is 2.12. The van der Waals surface area contributed by atoms with Crippen LogP contribution < -0.4 is 4.90 Å². The topological polar surface area (TPSA) is 16.1 Å². The molecule has 2 aromatic rings. The molecule has 6 heteroatoms. The van der Waals surface area contributed by atoms with Gasteiger partial charge in [0.2, 0.25) is 0 Å². The van der Waals surface area contributed by atoms with Gasteiger partial charge in [0.15, 0.2) is 0 Å². The predicted octanol–water partition coefficient (Wildman–Crippen LogP) is 5.44. The summed E-state index contributed by atoms with van der Waals surface area (Å²) in [7, 11) is 1.90. The minimum absolute atomic E-state index is 0.252. The summed E-state index contributed by atoms with van der Waals surface area (Å²) in [6.45, 7) is 0.671. The fraction of sp³-hybridized carbons (Fsp3) is 0.154. The van der Waals surface area contributed by atoms with Crippen LogP contribution in [0.3, 0.4) is 0 Å². The number of hydrogen-bond acceptors (Lipinski definition) is 2. The standard InChI is InChI=1S/C13H10BrCl3N2/c1-19(7-8-3-2-4-9(14)5-8)13-11(16)6-10(15)12(17)18-13/h2-6H,7H2,1H3. The molecule has 0 saturated heterocycles. The number of nitrogens with zero attached hydrogens (tertiary/aromatic N) is 2. The van der Waals surface area contributed by atoms with Crippen molar-refractivity contribution in [3.63, 3.8) is 0 Å². The molecule has 100 valence electrons. The summed E-state index contributed by atoms with van der Waals surface area (Å²) in [4.78, 5) is 6.13. The summed E-state index contributed by atoms with van der Waals surface area (Å²) in [6, 6.07) is 9.64. The Morgan fingerprint density at radius 2 is 1.89 bits per heavy atom. The van der Waals surface area contributed by atoms with Gasteiger partial charge in [-0.3, -0.25) is 0 Å². The molecular formula is C13H10BrCl3N2. The molecule has 0 bridgehead atoms. The summed E-state index contributed by atoms with van der Waals surface area (Å²) >= 11 is 21.4. The Hall–Kier alpha value is -0.480. The molecule has 0 spiro atoms.